The van der Waals surface area contributed by atoms with Crippen molar-refractivity contribution in [3.8, 4) is 5.75 Å². The third-order valence-corrected chi connectivity index (χ3v) is 5.86. The molecule has 2 aromatic rings. The fourth-order valence-electron chi connectivity index (χ4n) is 3.90. The SMILES string of the molecule is CCN1c2cc(C)c(/C=N/NC(=O)COc3ccc(Cl)cc3Cl)cc2C(C)=CC1(C)C. The van der Waals surface area contributed by atoms with E-state index >= 15 is 0 Å². The number of carbonyl (C=O) groups excluding carboxylic acids is 1. The number of nitrogens with zero attached hydrogens (tertiary/aromatic N) is 2. The Morgan fingerprint density at radius 2 is 1.97 bits per heavy atom. The Labute approximate surface area is 193 Å². The first-order valence-corrected chi connectivity index (χ1v) is 10.9. The number of amides is 1. The summed E-state index contributed by atoms with van der Waals surface area (Å²) in [7, 11) is 0. The molecular formula is C24H27Cl2N3O2. The van der Waals surface area contributed by atoms with Gasteiger partial charge in [0.2, 0.25) is 0 Å². The molecule has 0 aliphatic carbocycles. The van der Waals surface area contributed by atoms with Crippen LogP contribution in [0, 0.1) is 6.92 Å². The maximum Gasteiger partial charge on any atom is 0.277 e. The fourth-order valence-corrected chi connectivity index (χ4v) is 4.37. The highest BCUT2D eigenvalue weighted by Crippen LogP contribution is 2.39. The molecule has 31 heavy (non-hydrogen) atoms. The number of hydrazone groups is 1. The van der Waals surface area contributed by atoms with Crippen molar-refractivity contribution < 1.29 is 9.53 Å². The molecule has 2 aromatic carbocycles. The van der Waals surface area contributed by atoms with E-state index in [2.05, 4.69) is 61.3 Å². The van der Waals surface area contributed by atoms with E-state index in [0.717, 1.165) is 17.7 Å². The molecule has 0 unspecified atom stereocenters. The van der Waals surface area contributed by atoms with E-state index in [0.29, 0.717) is 15.8 Å². The van der Waals surface area contributed by atoms with Gasteiger partial charge in [-0.2, -0.15) is 5.10 Å². The van der Waals surface area contributed by atoms with Crippen LogP contribution in [0.15, 0.2) is 41.5 Å². The first-order chi connectivity index (χ1) is 14.6. The molecule has 1 amide bonds. The Balaban J connectivity index is 1.69. The lowest BCUT2D eigenvalue weighted by Crippen LogP contribution is -2.45. The van der Waals surface area contributed by atoms with Crippen LogP contribution in [0.5, 0.6) is 5.75 Å². The molecular weight excluding hydrogens is 433 g/mol. The van der Waals surface area contributed by atoms with Gasteiger partial charge in [0, 0.05) is 22.8 Å². The minimum atomic E-state index is -0.382. The van der Waals surface area contributed by atoms with Crippen molar-refractivity contribution in [2.24, 2.45) is 5.10 Å². The highest BCUT2D eigenvalue weighted by atomic mass is 35.5. The molecule has 0 bridgehead atoms. The zero-order valence-corrected chi connectivity index (χ0v) is 19.9. The number of carbonyl (C=O) groups is 1. The predicted molar refractivity (Wildman–Crippen MR) is 130 cm³/mol. The summed E-state index contributed by atoms with van der Waals surface area (Å²) in [6.45, 7) is 11.5. The quantitative estimate of drug-likeness (QED) is 0.435. The van der Waals surface area contributed by atoms with Crippen LogP contribution >= 0.6 is 23.2 Å². The number of anilines is 1. The number of halogens is 2. The Hall–Kier alpha value is -2.50. The molecule has 1 aliphatic heterocycles. The molecule has 5 nitrogen and oxygen atoms in total. The predicted octanol–water partition coefficient (Wildman–Crippen LogP) is 5.85. The normalized spacial score (nSPS) is 14.9. The van der Waals surface area contributed by atoms with Crippen molar-refractivity contribution in [1.82, 2.24) is 5.43 Å². The second-order valence-electron chi connectivity index (χ2n) is 8.11. The molecule has 0 saturated carbocycles. The van der Waals surface area contributed by atoms with Gasteiger partial charge < -0.3 is 9.64 Å². The minimum Gasteiger partial charge on any atom is -0.482 e. The van der Waals surface area contributed by atoms with Crippen LogP contribution in [0.3, 0.4) is 0 Å². The molecule has 164 valence electrons. The average molecular weight is 460 g/mol. The number of hydrogen-bond donors (Lipinski definition) is 1. The van der Waals surface area contributed by atoms with Gasteiger partial charge in [0.25, 0.3) is 5.91 Å². The number of fused-ring (bicyclic) bond motifs is 1. The third-order valence-electron chi connectivity index (χ3n) is 5.33. The Morgan fingerprint density at radius 1 is 1.23 bits per heavy atom. The van der Waals surface area contributed by atoms with Crippen molar-refractivity contribution in [1.29, 1.82) is 0 Å². The van der Waals surface area contributed by atoms with Gasteiger partial charge in [-0.3, -0.25) is 4.79 Å². The number of ether oxygens (including phenoxy) is 1. The summed E-state index contributed by atoms with van der Waals surface area (Å²) in [5, 5.41) is 4.95. The van der Waals surface area contributed by atoms with E-state index in [4.69, 9.17) is 27.9 Å². The van der Waals surface area contributed by atoms with Gasteiger partial charge >= 0.3 is 0 Å². The fraction of sp³-hybridized carbons (Fsp3) is 0.333. The minimum absolute atomic E-state index is 0.0329. The lowest BCUT2D eigenvalue weighted by atomic mass is 9.87. The first-order valence-electron chi connectivity index (χ1n) is 10.1. The van der Waals surface area contributed by atoms with E-state index in [1.54, 1.807) is 24.4 Å². The van der Waals surface area contributed by atoms with Gasteiger partial charge in [0.1, 0.15) is 5.75 Å². The van der Waals surface area contributed by atoms with E-state index in [9.17, 15) is 4.79 Å². The molecule has 1 aliphatic rings. The van der Waals surface area contributed by atoms with Crippen molar-refractivity contribution in [2.75, 3.05) is 18.1 Å². The van der Waals surface area contributed by atoms with Crippen LogP contribution in [0.4, 0.5) is 5.69 Å². The summed E-state index contributed by atoms with van der Waals surface area (Å²) < 4.78 is 5.42. The second-order valence-corrected chi connectivity index (χ2v) is 8.95. The van der Waals surface area contributed by atoms with Crippen molar-refractivity contribution in [3.63, 3.8) is 0 Å². The van der Waals surface area contributed by atoms with E-state index in [1.165, 1.54) is 16.8 Å². The zero-order valence-electron chi connectivity index (χ0n) is 18.4. The van der Waals surface area contributed by atoms with Crippen molar-refractivity contribution in [2.45, 2.75) is 40.2 Å². The molecule has 0 aromatic heterocycles. The first kappa shape index (κ1) is 23.2. The number of allylic oxidation sites excluding steroid dienone is 1. The molecule has 0 radical (unpaired) electrons. The molecule has 1 N–H and O–H groups in total. The highest BCUT2D eigenvalue weighted by molar-refractivity contribution is 6.35. The summed E-state index contributed by atoms with van der Waals surface area (Å²) in [6.07, 6.45) is 3.95. The van der Waals surface area contributed by atoms with Crippen LogP contribution in [-0.4, -0.2) is 30.8 Å². The number of likely N-dealkylation sites (N-methyl/N-ethyl adjacent to an activating group) is 1. The Morgan fingerprint density at radius 3 is 2.65 bits per heavy atom. The van der Waals surface area contributed by atoms with E-state index < -0.39 is 0 Å². The number of aryl methyl sites for hydroxylation is 1. The molecule has 0 atom stereocenters. The maximum absolute atomic E-state index is 12.1. The van der Waals surface area contributed by atoms with Gasteiger partial charge in [0.15, 0.2) is 6.61 Å². The molecule has 0 fully saturated rings. The number of hydrogen-bond acceptors (Lipinski definition) is 4. The molecule has 0 spiro atoms. The van der Waals surface area contributed by atoms with Gasteiger partial charge in [-0.25, -0.2) is 5.43 Å². The highest BCUT2D eigenvalue weighted by Gasteiger charge is 2.30. The largest absolute Gasteiger partial charge is 0.482 e. The lowest BCUT2D eigenvalue weighted by molar-refractivity contribution is -0.123. The van der Waals surface area contributed by atoms with Gasteiger partial charge in [-0.1, -0.05) is 29.3 Å². The van der Waals surface area contributed by atoms with Crippen molar-refractivity contribution >= 4 is 46.6 Å². The van der Waals surface area contributed by atoms with Crippen LogP contribution in [0.25, 0.3) is 5.57 Å². The topological polar surface area (TPSA) is 53.9 Å². The summed E-state index contributed by atoms with van der Waals surface area (Å²) in [5.74, 6) is 0.00857. The van der Waals surface area contributed by atoms with E-state index in [-0.39, 0.29) is 18.1 Å². The summed E-state index contributed by atoms with van der Waals surface area (Å²) in [5.41, 5.74) is 8.13. The Kier molecular flexibility index (Phi) is 6.97. The van der Waals surface area contributed by atoms with Gasteiger partial charge in [-0.15, -0.1) is 0 Å². The summed E-state index contributed by atoms with van der Waals surface area (Å²) >= 11 is 11.9. The lowest BCUT2D eigenvalue weighted by Gasteiger charge is -2.43. The second kappa shape index (κ2) is 9.33. The average Bonchev–Trinajstić information content (AvgIpc) is 2.68. The van der Waals surface area contributed by atoms with Crippen LogP contribution in [0.1, 0.15) is 44.4 Å². The summed E-state index contributed by atoms with van der Waals surface area (Å²) in [4.78, 5) is 14.5. The molecule has 0 saturated heterocycles. The summed E-state index contributed by atoms with van der Waals surface area (Å²) in [6, 6.07) is 9.13. The van der Waals surface area contributed by atoms with Crippen LogP contribution in [-0.2, 0) is 4.79 Å². The Bertz CT molecular complexity index is 1060. The number of nitrogens with one attached hydrogen (secondary N) is 1. The zero-order chi connectivity index (χ0) is 22.8. The monoisotopic (exact) mass is 459 g/mol. The molecule has 7 heteroatoms. The third kappa shape index (κ3) is 5.23. The maximum atomic E-state index is 12.1. The standard InChI is InChI=1S/C24H27Cl2N3O2/c1-6-29-21-9-15(2)17(10-19(21)16(3)12-24(29,4)5)13-27-28-23(30)14-31-22-8-7-18(25)11-20(22)26/h7-13H,6,14H2,1-5H3,(H,28,30)/b27-13+. The van der Waals surface area contributed by atoms with Gasteiger partial charge in [-0.05, 0) is 81.7 Å². The van der Waals surface area contributed by atoms with Crippen LogP contribution < -0.4 is 15.1 Å². The number of rotatable bonds is 6. The molecule has 1 heterocycles. The van der Waals surface area contributed by atoms with E-state index in [1.807, 2.05) is 6.92 Å². The smallest absolute Gasteiger partial charge is 0.277 e. The van der Waals surface area contributed by atoms with Crippen LogP contribution in [0.2, 0.25) is 10.0 Å². The van der Waals surface area contributed by atoms with Gasteiger partial charge in [0.05, 0.1) is 16.8 Å². The molecule has 3 rings (SSSR count). The van der Waals surface area contributed by atoms with Crippen molar-refractivity contribution in [3.05, 3.63) is 63.1 Å². The number of benzene rings is 2.